The zero-order valence-electron chi connectivity index (χ0n) is 13.0. The van der Waals surface area contributed by atoms with Gasteiger partial charge in [-0.3, -0.25) is 0 Å². The highest BCUT2D eigenvalue weighted by Crippen LogP contribution is 2.34. The number of hydrogen-bond donors (Lipinski definition) is 0. The number of hydrogen-bond acceptors (Lipinski definition) is 0. The molecule has 0 fully saturated rings. The average Bonchev–Trinajstić information content (AvgIpc) is 2.51. The maximum absolute atomic E-state index is 6.27. The minimum absolute atomic E-state index is 0.141. The van der Waals surface area contributed by atoms with Crippen LogP contribution in [0.5, 0.6) is 0 Å². The van der Waals surface area contributed by atoms with Crippen molar-refractivity contribution >= 4 is 34.8 Å². The van der Waals surface area contributed by atoms with E-state index in [-0.39, 0.29) is 5.41 Å². The molecule has 0 saturated heterocycles. The smallest absolute Gasteiger partial charge is 0.0408 e. The van der Waals surface area contributed by atoms with Crippen LogP contribution in [-0.2, 0) is 5.41 Å². The predicted molar refractivity (Wildman–Crippen MR) is 97.2 cm³/mol. The van der Waals surface area contributed by atoms with Gasteiger partial charge < -0.3 is 0 Å². The first-order chi connectivity index (χ1) is 10.2. The monoisotopic (exact) mass is 348 g/mol. The van der Waals surface area contributed by atoms with Gasteiger partial charge in [-0.1, -0.05) is 75.6 Å². The van der Waals surface area contributed by atoms with E-state index in [9.17, 15) is 0 Å². The summed E-state index contributed by atoms with van der Waals surface area (Å²) in [5.41, 5.74) is 1.03. The fourth-order valence-electron chi connectivity index (χ4n) is 2.71. The summed E-state index contributed by atoms with van der Waals surface area (Å²) in [6.07, 6.45) is 10.2. The Morgan fingerprint density at radius 2 is 1.52 bits per heavy atom. The molecule has 0 aromatic heterocycles. The summed E-state index contributed by atoms with van der Waals surface area (Å²) in [5.74, 6) is 1.10. The van der Waals surface area contributed by atoms with Gasteiger partial charge in [0.25, 0.3) is 0 Å². The third-order valence-electron chi connectivity index (χ3n) is 4.21. The summed E-state index contributed by atoms with van der Waals surface area (Å²) in [5, 5.41) is 0.756. The highest BCUT2D eigenvalue weighted by Gasteiger charge is 2.30. The van der Waals surface area contributed by atoms with E-state index < -0.39 is 0 Å². The molecule has 21 heavy (non-hydrogen) atoms. The molecule has 120 valence electrons. The summed E-state index contributed by atoms with van der Waals surface area (Å²) in [4.78, 5) is 0. The van der Waals surface area contributed by atoms with Gasteiger partial charge in [-0.2, -0.15) is 0 Å². The highest BCUT2D eigenvalue weighted by atomic mass is 35.5. The molecule has 0 saturated carbocycles. The molecule has 0 nitrogen and oxygen atoms in total. The lowest BCUT2D eigenvalue weighted by Crippen LogP contribution is -2.30. The van der Waals surface area contributed by atoms with Gasteiger partial charge in [0.05, 0.1) is 0 Å². The van der Waals surface area contributed by atoms with Crippen LogP contribution in [0.2, 0.25) is 5.02 Å². The van der Waals surface area contributed by atoms with Gasteiger partial charge in [0, 0.05) is 22.2 Å². The molecule has 0 aliphatic heterocycles. The van der Waals surface area contributed by atoms with Gasteiger partial charge in [0.15, 0.2) is 0 Å². The molecule has 0 aliphatic rings. The van der Waals surface area contributed by atoms with E-state index in [4.69, 9.17) is 34.8 Å². The standard InChI is InChI=1S/C18H27Cl3/c1-2-3-4-5-6-7-8-12-18(14-19,15-20)16-10-9-11-17(21)13-16/h9-11,13H,2-8,12,14-15H2,1H3. The van der Waals surface area contributed by atoms with Crippen molar-refractivity contribution in [1.29, 1.82) is 0 Å². The summed E-state index contributed by atoms with van der Waals surface area (Å²) < 4.78 is 0. The van der Waals surface area contributed by atoms with E-state index in [1.807, 2.05) is 18.2 Å². The number of rotatable bonds is 11. The second kappa shape index (κ2) is 10.8. The van der Waals surface area contributed by atoms with Gasteiger partial charge in [-0.25, -0.2) is 0 Å². The Bertz CT molecular complexity index is 386. The summed E-state index contributed by atoms with van der Waals surface area (Å²) in [7, 11) is 0. The molecular weight excluding hydrogens is 323 g/mol. The first-order valence-corrected chi connectivity index (χ1v) is 9.51. The van der Waals surface area contributed by atoms with Crippen LogP contribution in [-0.4, -0.2) is 11.8 Å². The molecule has 1 aromatic carbocycles. The fourth-order valence-corrected chi connectivity index (χ4v) is 3.76. The predicted octanol–water partition coefficient (Wildman–Crippen LogP) is 7.20. The van der Waals surface area contributed by atoms with Gasteiger partial charge in [-0.05, 0) is 24.1 Å². The molecule has 0 unspecified atom stereocenters. The number of halogens is 3. The van der Waals surface area contributed by atoms with Crippen LogP contribution < -0.4 is 0 Å². The van der Waals surface area contributed by atoms with Crippen molar-refractivity contribution in [2.24, 2.45) is 0 Å². The molecule has 1 rings (SSSR count). The number of alkyl halides is 2. The molecule has 0 radical (unpaired) electrons. The average molecular weight is 350 g/mol. The van der Waals surface area contributed by atoms with Gasteiger partial charge in [0.2, 0.25) is 0 Å². The lowest BCUT2D eigenvalue weighted by atomic mass is 9.79. The van der Waals surface area contributed by atoms with Crippen molar-refractivity contribution in [3.05, 3.63) is 34.9 Å². The van der Waals surface area contributed by atoms with Gasteiger partial charge in [0.1, 0.15) is 0 Å². The molecule has 0 spiro atoms. The number of unbranched alkanes of at least 4 members (excludes halogenated alkanes) is 6. The Morgan fingerprint density at radius 3 is 2.10 bits per heavy atom. The zero-order valence-corrected chi connectivity index (χ0v) is 15.3. The summed E-state index contributed by atoms with van der Waals surface area (Å²) >= 11 is 18.6. The van der Waals surface area contributed by atoms with Crippen molar-refractivity contribution in [1.82, 2.24) is 0 Å². The minimum atomic E-state index is -0.141. The van der Waals surface area contributed by atoms with Gasteiger partial charge >= 0.3 is 0 Å². The third-order valence-corrected chi connectivity index (χ3v) is 5.47. The van der Waals surface area contributed by atoms with Crippen molar-refractivity contribution in [3.63, 3.8) is 0 Å². The molecule has 0 heterocycles. The van der Waals surface area contributed by atoms with Crippen LogP contribution in [0, 0.1) is 0 Å². The first kappa shape index (κ1) is 19.1. The summed E-state index contributed by atoms with van der Waals surface area (Å²) in [6.45, 7) is 2.25. The largest absolute Gasteiger partial charge is 0.126 e. The first-order valence-electron chi connectivity index (χ1n) is 8.06. The lowest BCUT2D eigenvalue weighted by Gasteiger charge is -2.30. The highest BCUT2D eigenvalue weighted by molar-refractivity contribution is 6.30. The molecule has 0 N–H and O–H groups in total. The van der Waals surface area contributed by atoms with Gasteiger partial charge in [-0.15, -0.1) is 23.2 Å². The van der Waals surface area contributed by atoms with Crippen LogP contribution in [0.4, 0.5) is 0 Å². The van der Waals surface area contributed by atoms with E-state index >= 15 is 0 Å². The van der Waals surface area contributed by atoms with Crippen LogP contribution >= 0.6 is 34.8 Å². The number of benzene rings is 1. The minimum Gasteiger partial charge on any atom is -0.126 e. The Morgan fingerprint density at radius 1 is 0.905 bits per heavy atom. The van der Waals surface area contributed by atoms with E-state index in [1.54, 1.807) is 0 Å². The zero-order chi connectivity index (χ0) is 15.6. The molecule has 0 atom stereocenters. The van der Waals surface area contributed by atoms with Crippen molar-refractivity contribution in [2.75, 3.05) is 11.8 Å². The topological polar surface area (TPSA) is 0 Å². The van der Waals surface area contributed by atoms with Crippen molar-refractivity contribution in [2.45, 2.75) is 63.7 Å². The second-order valence-corrected chi connectivity index (χ2v) is 6.90. The molecule has 0 bridgehead atoms. The third kappa shape index (κ3) is 6.38. The molecule has 0 amide bonds. The molecule has 0 aliphatic carbocycles. The fraction of sp³-hybridized carbons (Fsp3) is 0.667. The van der Waals surface area contributed by atoms with Crippen molar-refractivity contribution in [3.8, 4) is 0 Å². The van der Waals surface area contributed by atoms with E-state index in [0.29, 0.717) is 11.8 Å². The maximum Gasteiger partial charge on any atom is 0.0408 e. The van der Waals surface area contributed by atoms with Crippen LogP contribution in [0.15, 0.2) is 24.3 Å². The quantitative estimate of drug-likeness (QED) is 0.293. The second-order valence-electron chi connectivity index (χ2n) is 5.93. The van der Waals surface area contributed by atoms with E-state index in [1.165, 1.54) is 50.5 Å². The van der Waals surface area contributed by atoms with Crippen LogP contribution in [0.1, 0.15) is 63.9 Å². The Kier molecular flexibility index (Phi) is 9.80. The molecule has 1 aromatic rings. The molecular formula is C18H27Cl3. The molecule has 3 heteroatoms. The Labute approximate surface area is 145 Å². The van der Waals surface area contributed by atoms with Crippen LogP contribution in [0.3, 0.4) is 0 Å². The Hall–Kier alpha value is 0.0900. The normalized spacial score (nSPS) is 11.8. The van der Waals surface area contributed by atoms with Crippen molar-refractivity contribution < 1.29 is 0 Å². The van der Waals surface area contributed by atoms with E-state index in [0.717, 1.165) is 11.4 Å². The summed E-state index contributed by atoms with van der Waals surface area (Å²) in [6, 6.07) is 7.98. The van der Waals surface area contributed by atoms with E-state index in [2.05, 4.69) is 13.0 Å². The lowest BCUT2D eigenvalue weighted by molar-refractivity contribution is 0.451. The maximum atomic E-state index is 6.27. The van der Waals surface area contributed by atoms with Crippen LogP contribution in [0.25, 0.3) is 0 Å². The SMILES string of the molecule is CCCCCCCCCC(CCl)(CCl)c1cccc(Cl)c1. The Balaban J connectivity index is 2.49.